The number of hydrogen-bond donors (Lipinski definition) is 1. The Bertz CT molecular complexity index is 929. The van der Waals surface area contributed by atoms with E-state index in [0.717, 1.165) is 34.3 Å². The number of rotatable bonds is 4. The number of nitrogens with zero attached hydrogens (tertiary/aromatic N) is 2. The average Bonchev–Trinajstić information content (AvgIpc) is 3.14. The number of carbonyl (C=O) groups excluding carboxylic acids is 1. The van der Waals surface area contributed by atoms with Crippen LogP contribution in [0.1, 0.15) is 51.5 Å². The molecule has 4 rings (SSSR count). The van der Waals surface area contributed by atoms with Crippen molar-refractivity contribution >= 4 is 23.1 Å². The minimum Gasteiger partial charge on any atom is -0.454 e. The quantitative estimate of drug-likeness (QED) is 0.724. The molecule has 152 valence electrons. The lowest BCUT2D eigenvalue weighted by Gasteiger charge is -2.26. The molecule has 1 aliphatic carbocycles. The molecule has 29 heavy (non-hydrogen) atoms. The van der Waals surface area contributed by atoms with Gasteiger partial charge in [0.1, 0.15) is 17.3 Å². The SMILES string of the molecule is CC(C)N(C)C1=Nc2ccccc2Oc2ccc(NC(=O)CC3CCCC3)cc21. The first-order valence-electron chi connectivity index (χ1n) is 10.5. The third-order valence-corrected chi connectivity index (χ3v) is 5.87. The highest BCUT2D eigenvalue weighted by atomic mass is 16.5. The molecule has 5 heteroatoms. The van der Waals surface area contributed by atoms with Crippen molar-refractivity contribution in [3.05, 3.63) is 48.0 Å². The van der Waals surface area contributed by atoms with Gasteiger partial charge < -0.3 is 15.0 Å². The van der Waals surface area contributed by atoms with Crippen LogP contribution in [0.2, 0.25) is 0 Å². The number of amides is 1. The van der Waals surface area contributed by atoms with Crippen LogP contribution in [0, 0.1) is 5.92 Å². The molecule has 1 amide bonds. The third kappa shape index (κ3) is 4.29. The number of nitrogens with one attached hydrogen (secondary N) is 1. The zero-order valence-corrected chi connectivity index (χ0v) is 17.4. The molecule has 2 aromatic carbocycles. The molecule has 1 aliphatic heterocycles. The van der Waals surface area contributed by atoms with Crippen LogP contribution in [-0.2, 0) is 4.79 Å². The first kappa shape index (κ1) is 19.5. The number of hydrogen-bond acceptors (Lipinski definition) is 4. The second kappa shape index (κ2) is 8.27. The fourth-order valence-electron chi connectivity index (χ4n) is 4.00. The van der Waals surface area contributed by atoms with Crippen LogP contribution >= 0.6 is 0 Å². The van der Waals surface area contributed by atoms with E-state index in [1.54, 1.807) is 0 Å². The second-order valence-electron chi connectivity index (χ2n) is 8.32. The lowest BCUT2D eigenvalue weighted by molar-refractivity contribution is -0.117. The van der Waals surface area contributed by atoms with Gasteiger partial charge in [0.05, 0.1) is 5.56 Å². The van der Waals surface area contributed by atoms with Gasteiger partial charge in [-0.05, 0) is 62.9 Å². The summed E-state index contributed by atoms with van der Waals surface area (Å²) < 4.78 is 6.18. The monoisotopic (exact) mass is 391 g/mol. The van der Waals surface area contributed by atoms with Crippen LogP contribution in [0.3, 0.4) is 0 Å². The molecule has 0 spiro atoms. The number of aliphatic imine (C=N–C) groups is 1. The van der Waals surface area contributed by atoms with Crippen molar-refractivity contribution in [1.29, 1.82) is 0 Å². The van der Waals surface area contributed by atoms with Crippen molar-refractivity contribution in [2.45, 2.75) is 52.0 Å². The van der Waals surface area contributed by atoms with E-state index in [0.29, 0.717) is 12.3 Å². The Morgan fingerprint density at radius 3 is 2.69 bits per heavy atom. The Hall–Kier alpha value is -2.82. The molecule has 0 unspecified atom stereocenters. The van der Waals surface area contributed by atoms with Crippen LogP contribution in [0.5, 0.6) is 11.5 Å². The fourth-order valence-corrected chi connectivity index (χ4v) is 4.00. The zero-order valence-electron chi connectivity index (χ0n) is 17.4. The predicted octanol–water partition coefficient (Wildman–Crippen LogP) is 5.73. The van der Waals surface area contributed by atoms with Gasteiger partial charge >= 0.3 is 0 Å². The van der Waals surface area contributed by atoms with E-state index < -0.39 is 0 Å². The van der Waals surface area contributed by atoms with Crippen molar-refractivity contribution in [2.75, 3.05) is 12.4 Å². The summed E-state index contributed by atoms with van der Waals surface area (Å²) >= 11 is 0. The van der Waals surface area contributed by atoms with Crippen molar-refractivity contribution in [1.82, 2.24) is 4.90 Å². The summed E-state index contributed by atoms with van der Waals surface area (Å²) in [7, 11) is 2.03. The highest BCUT2D eigenvalue weighted by Gasteiger charge is 2.23. The largest absolute Gasteiger partial charge is 0.454 e. The smallest absolute Gasteiger partial charge is 0.224 e. The topological polar surface area (TPSA) is 53.9 Å². The molecular formula is C24H29N3O2. The summed E-state index contributed by atoms with van der Waals surface area (Å²) in [6, 6.07) is 13.9. The fraction of sp³-hybridized carbons (Fsp3) is 0.417. The van der Waals surface area contributed by atoms with Gasteiger partial charge in [-0.1, -0.05) is 25.0 Å². The Morgan fingerprint density at radius 1 is 1.17 bits per heavy atom. The predicted molar refractivity (Wildman–Crippen MR) is 117 cm³/mol. The maximum absolute atomic E-state index is 12.5. The molecule has 2 aliphatic rings. The normalized spacial score (nSPS) is 15.8. The highest BCUT2D eigenvalue weighted by molar-refractivity contribution is 6.05. The number of anilines is 1. The summed E-state index contributed by atoms with van der Waals surface area (Å²) in [5.74, 6) is 2.93. The van der Waals surface area contributed by atoms with Crippen molar-refractivity contribution in [3.8, 4) is 11.5 Å². The van der Waals surface area contributed by atoms with E-state index in [9.17, 15) is 4.79 Å². The molecule has 0 aromatic heterocycles. The number of ether oxygens (including phenoxy) is 1. The van der Waals surface area contributed by atoms with Crippen LogP contribution < -0.4 is 10.1 Å². The van der Waals surface area contributed by atoms with Crippen molar-refractivity contribution < 1.29 is 9.53 Å². The lowest BCUT2D eigenvalue weighted by Crippen LogP contribution is -2.33. The van der Waals surface area contributed by atoms with E-state index in [-0.39, 0.29) is 11.9 Å². The van der Waals surface area contributed by atoms with Gasteiger partial charge in [-0.2, -0.15) is 0 Å². The van der Waals surface area contributed by atoms with E-state index in [2.05, 4.69) is 24.1 Å². The summed E-state index contributed by atoms with van der Waals surface area (Å²) in [6.45, 7) is 4.26. The molecule has 2 aromatic rings. The number of benzene rings is 2. The first-order chi connectivity index (χ1) is 14.0. The van der Waals surface area contributed by atoms with Gasteiger partial charge in [0.15, 0.2) is 5.75 Å². The van der Waals surface area contributed by atoms with Crippen molar-refractivity contribution in [2.24, 2.45) is 10.9 Å². The van der Waals surface area contributed by atoms with Crippen molar-refractivity contribution in [3.63, 3.8) is 0 Å². The first-order valence-corrected chi connectivity index (χ1v) is 10.5. The number of fused-ring (bicyclic) bond motifs is 2. The van der Waals surface area contributed by atoms with Gasteiger partial charge in [0.2, 0.25) is 5.91 Å². The number of amidine groups is 1. The van der Waals surface area contributed by atoms with E-state index in [4.69, 9.17) is 9.73 Å². The van der Waals surface area contributed by atoms with Crippen LogP contribution in [-0.4, -0.2) is 29.7 Å². The van der Waals surface area contributed by atoms with Crippen LogP contribution in [0.25, 0.3) is 0 Å². The molecular weight excluding hydrogens is 362 g/mol. The Balaban J connectivity index is 1.65. The van der Waals surface area contributed by atoms with Gasteiger partial charge in [-0.3, -0.25) is 4.79 Å². The third-order valence-electron chi connectivity index (χ3n) is 5.87. The van der Waals surface area contributed by atoms with Gasteiger partial charge in [0.25, 0.3) is 0 Å². The highest BCUT2D eigenvalue weighted by Crippen LogP contribution is 2.39. The summed E-state index contributed by atoms with van der Waals surface area (Å²) in [6.07, 6.45) is 5.43. The molecule has 1 saturated carbocycles. The molecule has 0 atom stereocenters. The molecule has 1 N–H and O–H groups in total. The minimum absolute atomic E-state index is 0.0883. The maximum atomic E-state index is 12.5. The van der Waals surface area contributed by atoms with Gasteiger partial charge in [-0.25, -0.2) is 4.99 Å². The molecule has 0 saturated heterocycles. The molecule has 0 radical (unpaired) electrons. The number of carbonyl (C=O) groups is 1. The van der Waals surface area contributed by atoms with Crippen LogP contribution in [0.4, 0.5) is 11.4 Å². The zero-order chi connectivity index (χ0) is 20.4. The average molecular weight is 392 g/mol. The maximum Gasteiger partial charge on any atom is 0.224 e. The van der Waals surface area contributed by atoms with E-state index in [1.165, 1.54) is 25.7 Å². The van der Waals surface area contributed by atoms with Crippen LogP contribution in [0.15, 0.2) is 47.5 Å². The lowest BCUT2D eigenvalue weighted by atomic mass is 10.0. The van der Waals surface area contributed by atoms with E-state index in [1.807, 2.05) is 49.5 Å². The molecule has 1 heterocycles. The Morgan fingerprint density at radius 2 is 1.93 bits per heavy atom. The Labute approximate surface area is 172 Å². The molecule has 1 fully saturated rings. The number of para-hydroxylation sites is 2. The summed E-state index contributed by atoms with van der Waals surface area (Å²) in [4.78, 5) is 19.6. The van der Waals surface area contributed by atoms with Gasteiger partial charge in [-0.15, -0.1) is 0 Å². The molecule has 0 bridgehead atoms. The summed E-state index contributed by atoms with van der Waals surface area (Å²) in [5, 5.41) is 3.08. The molecule has 5 nitrogen and oxygen atoms in total. The summed E-state index contributed by atoms with van der Waals surface area (Å²) in [5.41, 5.74) is 2.47. The minimum atomic E-state index is 0.0883. The Kier molecular flexibility index (Phi) is 5.56. The van der Waals surface area contributed by atoms with Gasteiger partial charge in [0, 0.05) is 25.2 Å². The van der Waals surface area contributed by atoms with E-state index >= 15 is 0 Å². The standard InChI is InChI=1S/C24H29N3O2/c1-16(2)27(3)24-19-15-18(25-23(28)14-17-8-4-5-9-17)12-13-21(19)29-22-11-7-6-10-20(22)26-24/h6-7,10-13,15-17H,4-5,8-9,14H2,1-3H3,(H,25,28). The second-order valence-corrected chi connectivity index (χ2v) is 8.32.